The number of nitrogens with zero attached hydrogens (tertiary/aromatic N) is 5. The number of H-pyrrole nitrogens is 1. The van der Waals surface area contributed by atoms with E-state index in [4.69, 9.17) is 16.3 Å². The fourth-order valence-corrected chi connectivity index (χ4v) is 2.59. The zero-order chi connectivity index (χ0) is 21.0. The molecule has 12 heteroatoms. The molecule has 0 atom stereocenters. The van der Waals surface area contributed by atoms with Crippen LogP contribution in [0.25, 0.3) is 0 Å². The lowest BCUT2D eigenvalue weighted by Crippen LogP contribution is -2.18. The number of nitrogens with one attached hydrogen (secondary N) is 2. The Morgan fingerprint density at radius 3 is 2.72 bits per heavy atom. The molecule has 150 valence electrons. The summed E-state index contributed by atoms with van der Waals surface area (Å²) in [4.78, 5) is 32.5. The number of rotatable bonds is 7. The fourth-order valence-electron chi connectivity index (χ4n) is 2.46. The van der Waals surface area contributed by atoms with E-state index in [2.05, 4.69) is 25.5 Å². The van der Waals surface area contributed by atoms with Crippen LogP contribution in [0.4, 0.5) is 29.0 Å². The van der Waals surface area contributed by atoms with E-state index in [0.717, 1.165) is 6.20 Å². The first kappa shape index (κ1) is 20.0. The monoisotopic (exact) mass is 417 g/mol. The van der Waals surface area contributed by atoms with Gasteiger partial charge in [-0.2, -0.15) is 10.1 Å². The molecule has 2 N–H and O–H groups in total. The summed E-state index contributed by atoms with van der Waals surface area (Å²) in [5.74, 6) is -0.338. The quantitative estimate of drug-likeness (QED) is 0.336. The van der Waals surface area contributed by atoms with Crippen LogP contribution in [0.5, 0.6) is 0 Å². The number of nitro groups is 1. The summed E-state index contributed by atoms with van der Waals surface area (Å²) in [6.07, 6.45) is 2.36. The van der Waals surface area contributed by atoms with Gasteiger partial charge in [-0.25, -0.2) is 9.78 Å². The van der Waals surface area contributed by atoms with E-state index in [1.54, 1.807) is 31.2 Å². The molecule has 29 heavy (non-hydrogen) atoms. The summed E-state index contributed by atoms with van der Waals surface area (Å²) < 4.78 is 4.99. The molecule has 0 aliphatic carbocycles. The van der Waals surface area contributed by atoms with Crippen LogP contribution in [0.2, 0.25) is 5.02 Å². The molecule has 3 aromatic rings. The first-order valence-electron chi connectivity index (χ1n) is 8.39. The lowest BCUT2D eigenvalue weighted by atomic mass is 10.3. The molecule has 0 bridgehead atoms. The minimum absolute atomic E-state index is 0.0451. The Morgan fingerprint density at radius 2 is 2.07 bits per heavy atom. The third kappa shape index (κ3) is 4.41. The van der Waals surface area contributed by atoms with Gasteiger partial charge in [0.05, 0.1) is 17.7 Å². The van der Waals surface area contributed by atoms with Crippen LogP contribution in [0.1, 0.15) is 17.3 Å². The van der Waals surface area contributed by atoms with Crippen LogP contribution < -0.4 is 10.2 Å². The number of aromatic nitrogens is 4. The van der Waals surface area contributed by atoms with E-state index in [1.165, 1.54) is 18.1 Å². The number of anilines is 4. The van der Waals surface area contributed by atoms with Crippen LogP contribution in [0.15, 0.2) is 36.7 Å². The molecule has 0 unspecified atom stereocenters. The van der Waals surface area contributed by atoms with Crippen molar-refractivity contribution in [3.63, 3.8) is 0 Å². The largest absolute Gasteiger partial charge is 0.462 e. The first-order valence-corrected chi connectivity index (χ1v) is 8.76. The second-order valence-electron chi connectivity index (χ2n) is 5.70. The van der Waals surface area contributed by atoms with Gasteiger partial charge in [-0.1, -0.05) is 11.6 Å². The Bertz CT molecular complexity index is 1040. The Morgan fingerprint density at radius 1 is 1.34 bits per heavy atom. The van der Waals surface area contributed by atoms with Crippen molar-refractivity contribution >= 4 is 46.5 Å². The van der Waals surface area contributed by atoms with Gasteiger partial charge in [-0.15, -0.1) is 0 Å². The molecule has 2 aromatic heterocycles. The summed E-state index contributed by atoms with van der Waals surface area (Å²) in [5, 5.41) is 21.5. The van der Waals surface area contributed by atoms with Crippen molar-refractivity contribution in [2.75, 3.05) is 23.9 Å². The molecular weight excluding hydrogens is 402 g/mol. The molecule has 2 heterocycles. The van der Waals surface area contributed by atoms with Crippen molar-refractivity contribution in [1.82, 2.24) is 20.2 Å². The van der Waals surface area contributed by atoms with E-state index < -0.39 is 10.9 Å². The highest BCUT2D eigenvalue weighted by Gasteiger charge is 2.26. The van der Waals surface area contributed by atoms with Crippen molar-refractivity contribution in [3.05, 3.63) is 57.4 Å². The summed E-state index contributed by atoms with van der Waals surface area (Å²) >= 11 is 5.87. The predicted octanol–water partition coefficient (Wildman–Crippen LogP) is 3.45. The molecule has 0 saturated heterocycles. The van der Waals surface area contributed by atoms with E-state index in [9.17, 15) is 14.9 Å². The smallest absolute Gasteiger partial charge is 0.343 e. The highest BCUT2D eigenvalue weighted by molar-refractivity contribution is 6.30. The van der Waals surface area contributed by atoms with E-state index >= 15 is 0 Å². The maximum Gasteiger partial charge on any atom is 0.343 e. The number of esters is 1. The van der Waals surface area contributed by atoms with Gasteiger partial charge in [0.15, 0.2) is 0 Å². The van der Waals surface area contributed by atoms with Gasteiger partial charge in [-0.3, -0.25) is 15.2 Å². The number of benzene rings is 1. The molecule has 0 aliphatic heterocycles. The van der Waals surface area contributed by atoms with Crippen molar-refractivity contribution in [3.8, 4) is 0 Å². The molecule has 1 aromatic carbocycles. The highest BCUT2D eigenvalue weighted by Crippen LogP contribution is 2.32. The van der Waals surface area contributed by atoms with Crippen LogP contribution in [0.3, 0.4) is 0 Å². The minimum Gasteiger partial charge on any atom is -0.462 e. The fraction of sp³-hybridized carbons (Fsp3) is 0.176. The molecule has 0 fully saturated rings. The normalized spacial score (nSPS) is 10.4. The summed E-state index contributed by atoms with van der Waals surface area (Å²) in [6.45, 7) is 1.85. The van der Waals surface area contributed by atoms with Gasteiger partial charge < -0.3 is 15.0 Å². The Labute approximate surface area is 169 Å². The van der Waals surface area contributed by atoms with Crippen LogP contribution in [0, 0.1) is 10.1 Å². The van der Waals surface area contributed by atoms with E-state index in [0.29, 0.717) is 10.7 Å². The van der Waals surface area contributed by atoms with Gasteiger partial charge in [0.25, 0.3) is 0 Å². The zero-order valence-corrected chi connectivity index (χ0v) is 16.2. The third-order valence-corrected chi connectivity index (χ3v) is 4.07. The van der Waals surface area contributed by atoms with Crippen molar-refractivity contribution < 1.29 is 14.5 Å². The predicted molar refractivity (Wildman–Crippen MR) is 106 cm³/mol. The van der Waals surface area contributed by atoms with Gasteiger partial charge in [-0.05, 0) is 31.2 Å². The van der Waals surface area contributed by atoms with Gasteiger partial charge in [0, 0.05) is 17.8 Å². The van der Waals surface area contributed by atoms with E-state index in [1.807, 2.05) is 0 Å². The zero-order valence-electron chi connectivity index (χ0n) is 15.4. The molecular formula is C17H16ClN7O4. The number of halogens is 1. The minimum atomic E-state index is -0.613. The number of aromatic amines is 1. The second-order valence-corrected chi connectivity index (χ2v) is 6.14. The number of carbonyl (C=O) groups is 1. The molecule has 0 radical (unpaired) electrons. The van der Waals surface area contributed by atoms with Crippen LogP contribution in [-0.2, 0) is 4.74 Å². The summed E-state index contributed by atoms with van der Waals surface area (Å²) in [5.41, 5.74) is 0.415. The molecule has 0 spiro atoms. The molecule has 0 amide bonds. The van der Waals surface area contributed by atoms with E-state index in [-0.39, 0.29) is 35.4 Å². The van der Waals surface area contributed by atoms with Crippen molar-refractivity contribution in [2.45, 2.75) is 6.92 Å². The number of carbonyl (C=O) groups excluding carboxylic acids is 1. The average molecular weight is 418 g/mol. The lowest BCUT2D eigenvalue weighted by Gasteiger charge is -2.18. The highest BCUT2D eigenvalue weighted by atomic mass is 35.5. The average Bonchev–Trinajstić information content (AvgIpc) is 3.19. The standard InChI is InChI=1S/C17H16ClN7O4/c1-3-29-16(26)12-8-20-23-14(12)24(2)15-13(25(27)28)9-19-17(22-15)21-11-6-4-10(18)5-7-11/h4-9H,3H2,1-2H3,(H,20,23)(H,19,21,22). The van der Waals surface area contributed by atoms with Crippen LogP contribution in [-0.4, -0.2) is 44.7 Å². The van der Waals surface area contributed by atoms with Gasteiger partial charge in [0.1, 0.15) is 17.6 Å². The summed E-state index contributed by atoms with van der Waals surface area (Å²) in [7, 11) is 1.51. The van der Waals surface area contributed by atoms with Crippen molar-refractivity contribution in [1.29, 1.82) is 0 Å². The van der Waals surface area contributed by atoms with Crippen molar-refractivity contribution in [2.24, 2.45) is 0 Å². The Hall–Kier alpha value is -3.73. The van der Waals surface area contributed by atoms with Gasteiger partial charge in [0.2, 0.25) is 11.8 Å². The maximum atomic E-state index is 12.1. The first-order chi connectivity index (χ1) is 13.9. The number of hydrogen-bond donors (Lipinski definition) is 2. The summed E-state index contributed by atoms with van der Waals surface area (Å²) in [6, 6.07) is 6.78. The second kappa shape index (κ2) is 8.52. The molecule has 11 nitrogen and oxygen atoms in total. The molecule has 0 aliphatic rings. The molecule has 3 rings (SSSR count). The van der Waals surface area contributed by atoms with Gasteiger partial charge >= 0.3 is 11.7 Å². The number of ether oxygens (including phenoxy) is 1. The SMILES string of the molecule is CCOC(=O)c1cn[nH]c1N(C)c1nc(Nc2ccc(Cl)cc2)ncc1[N+](=O)[O-]. The Kier molecular flexibility index (Phi) is 5.88. The topological polar surface area (TPSA) is 139 Å². The molecule has 0 saturated carbocycles. The number of hydrogen-bond acceptors (Lipinski definition) is 9. The third-order valence-electron chi connectivity index (χ3n) is 3.81. The lowest BCUT2D eigenvalue weighted by molar-refractivity contribution is -0.384. The maximum absolute atomic E-state index is 12.1. The Balaban J connectivity index is 1.98. The van der Waals surface area contributed by atoms with Crippen LogP contribution >= 0.6 is 11.6 Å².